The van der Waals surface area contributed by atoms with Crippen LogP contribution in [0.25, 0.3) is 0 Å². The molecule has 128 valence electrons. The lowest BCUT2D eigenvalue weighted by molar-refractivity contribution is -0.116. The van der Waals surface area contributed by atoms with Crippen LogP contribution in [0.15, 0.2) is 40.9 Å². The van der Waals surface area contributed by atoms with Crippen LogP contribution in [0.5, 0.6) is 0 Å². The molecule has 0 saturated heterocycles. The Bertz CT molecular complexity index is 897. The topological polar surface area (TPSA) is 72.5 Å². The van der Waals surface area contributed by atoms with Gasteiger partial charge in [0.1, 0.15) is 5.82 Å². The maximum Gasteiger partial charge on any atom is 0.339 e. The molecule has 7 heteroatoms. The molecule has 0 unspecified atom stereocenters. The lowest BCUT2D eigenvalue weighted by Gasteiger charge is -2.08. The third-order valence-electron chi connectivity index (χ3n) is 3.98. The Morgan fingerprint density at radius 2 is 2.00 bits per heavy atom. The van der Waals surface area contributed by atoms with Crippen LogP contribution in [0, 0.1) is 5.82 Å². The van der Waals surface area contributed by atoms with E-state index in [4.69, 9.17) is 4.74 Å². The number of halogens is 2. The van der Waals surface area contributed by atoms with Gasteiger partial charge in [-0.3, -0.25) is 9.59 Å². The van der Waals surface area contributed by atoms with Crippen molar-refractivity contribution in [2.45, 2.75) is 12.8 Å². The van der Waals surface area contributed by atoms with Gasteiger partial charge >= 0.3 is 5.97 Å². The normalized spacial score (nSPS) is 15.5. The Morgan fingerprint density at radius 1 is 1.24 bits per heavy atom. The van der Waals surface area contributed by atoms with E-state index in [1.54, 1.807) is 25.1 Å². The molecule has 25 heavy (non-hydrogen) atoms. The number of esters is 1. The van der Waals surface area contributed by atoms with Crippen molar-refractivity contribution in [3.8, 4) is 0 Å². The van der Waals surface area contributed by atoms with Crippen LogP contribution in [0.2, 0.25) is 0 Å². The summed E-state index contributed by atoms with van der Waals surface area (Å²) in [6.45, 7) is 1.30. The standard InChI is InChI=1S/C18H13BrFNO4/c1-9-13-6-10(2-5-15(13)21-17(9)23)16(22)8-25-18(24)12-4-3-11(20)7-14(12)19/h2-7,9H,8H2,1H3,(H,21,23)/t9-/m0/s1. The Labute approximate surface area is 151 Å². The monoisotopic (exact) mass is 405 g/mol. The van der Waals surface area contributed by atoms with Crippen molar-refractivity contribution >= 4 is 39.3 Å². The van der Waals surface area contributed by atoms with E-state index in [1.165, 1.54) is 6.07 Å². The number of carbonyl (C=O) groups is 3. The van der Waals surface area contributed by atoms with E-state index in [0.29, 0.717) is 11.3 Å². The highest BCUT2D eigenvalue weighted by atomic mass is 79.9. The summed E-state index contributed by atoms with van der Waals surface area (Å²) in [7, 11) is 0. The van der Waals surface area contributed by atoms with Gasteiger partial charge in [-0.05, 0) is 64.8 Å². The number of Topliss-reactive ketones (excluding diaryl/α,β-unsaturated/α-hetero) is 1. The summed E-state index contributed by atoms with van der Waals surface area (Å²) in [6.07, 6.45) is 0. The molecular formula is C18H13BrFNO4. The van der Waals surface area contributed by atoms with E-state index >= 15 is 0 Å². The largest absolute Gasteiger partial charge is 0.454 e. The molecule has 0 fully saturated rings. The summed E-state index contributed by atoms with van der Waals surface area (Å²) < 4.78 is 18.3. The molecule has 2 aromatic rings. The second-order valence-corrected chi connectivity index (χ2v) is 6.49. The summed E-state index contributed by atoms with van der Waals surface area (Å²) in [6, 6.07) is 8.41. The molecule has 1 aliphatic rings. The highest BCUT2D eigenvalue weighted by Gasteiger charge is 2.27. The van der Waals surface area contributed by atoms with Gasteiger partial charge in [-0.1, -0.05) is 0 Å². The zero-order valence-corrected chi connectivity index (χ0v) is 14.7. The highest BCUT2D eigenvalue weighted by Crippen LogP contribution is 2.32. The molecule has 0 aliphatic carbocycles. The lowest BCUT2D eigenvalue weighted by atomic mass is 9.99. The zero-order valence-electron chi connectivity index (χ0n) is 13.1. The van der Waals surface area contributed by atoms with E-state index in [9.17, 15) is 18.8 Å². The van der Waals surface area contributed by atoms with Gasteiger partial charge in [-0.2, -0.15) is 0 Å². The van der Waals surface area contributed by atoms with E-state index in [1.807, 2.05) is 0 Å². The van der Waals surface area contributed by atoms with Crippen molar-refractivity contribution in [2.24, 2.45) is 0 Å². The van der Waals surface area contributed by atoms with Crippen LogP contribution in [-0.2, 0) is 9.53 Å². The van der Waals surface area contributed by atoms with Crippen LogP contribution in [0.1, 0.15) is 39.1 Å². The number of anilines is 1. The zero-order chi connectivity index (χ0) is 18.1. The average molecular weight is 406 g/mol. The minimum Gasteiger partial charge on any atom is -0.454 e. The molecule has 1 amide bonds. The van der Waals surface area contributed by atoms with Crippen molar-refractivity contribution in [1.29, 1.82) is 0 Å². The first kappa shape index (κ1) is 17.3. The van der Waals surface area contributed by atoms with E-state index in [2.05, 4.69) is 21.2 Å². The minimum absolute atomic E-state index is 0.118. The van der Waals surface area contributed by atoms with Crippen molar-refractivity contribution < 1.29 is 23.5 Å². The van der Waals surface area contributed by atoms with E-state index in [0.717, 1.165) is 17.7 Å². The number of benzene rings is 2. The molecule has 3 rings (SSSR count). The van der Waals surface area contributed by atoms with Crippen LogP contribution < -0.4 is 5.32 Å². The first-order valence-corrected chi connectivity index (χ1v) is 8.26. The third kappa shape index (κ3) is 3.46. The van der Waals surface area contributed by atoms with Gasteiger partial charge in [-0.15, -0.1) is 0 Å². The fourth-order valence-electron chi connectivity index (χ4n) is 2.54. The maximum absolute atomic E-state index is 13.0. The number of hydrogen-bond donors (Lipinski definition) is 1. The van der Waals surface area contributed by atoms with Crippen molar-refractivity contribution in [1.82, 2.24) is 0 Å². The van der Waals surface area contributed by atoms with Gasteiger partial charge in [0.25, 0.3) is 0 Å². The van der Waals surface area contributed by atoms with Gasteiger partial charge < -0.3 is 10.1 Å². The van der Waals surface area contributed by atoms with Crippen LogP contribution >= 0.6 is 15.9 Å². The van der Waals surface area contributed by atoms with Gasteiger partial charge in [-0.25, -0.2) is 9.18 Å². The Balaban J connectivity index is 1.69. The number of fused-ring (bicyclic) bond motifs is 1. The van der Waals surface area contributed by atoms with Crippen molar-refractivity contribution in [2.75, 3.05) is 11.9 Å². The van der Waals surface area contributed by atoms with E-state index in [-0.39, 0.29) is 27.6 Å². The number of carbonyl (C=O) groups excluding carboxylic acids is 3. The molecule has 2 aromatic carbocycles. The van der Waals surface area contributed by atoms with Gasteiger partial charge in [0.15, 0.2) is 12.4 Å². The van der Waals surface area contributed by atoms with E-state index < -0.39 is 18.4 Å². The van der Waals surface area contributed by atoms with Gasteiger partial charge in [0.05, 0.1) is 11.5 Å². The molecule has 0 radical (unpaired) electrons. The Hall–Kier alpha value is -2.54. The van der Waals surface area contributed by atoms with Gasteiger partial charge in [0, 0.05) is 15.7 Å². The second-order valence-electron chi connectivity index (χ2n) is 5.64. The molecule has 0 bridgehead atoms. The molecule has 1 heterocycles. The summed E-state index contributed by atoms with van der Waals surface area (Å²) in [4.78, 5) is 35.9. The van der Waals surface area contributed by atoms with Crippen LogP contribution in [0.4, 0.5) is 10.1 Å². The number of ketones is 1. The van der Waals surface area contributed by atoms with Gasteiger partial charge in [0.2, 0.25) is 5.91 Å². The summed E-state index contributed by atoms with van der Waals surface area (Å²) in [5, 5.41) is 2.72. The molecule has 0 saturated carbocycles. The maximum atomic E-state index is 13.0. The highest BCUT2D eigenvalue weighted by molar-refractivity contribution is 9.10. The second kappa shape index (κ2) is 6.76. The molecule has 5 nitrogen and oxygen atoms in total. The summed E-state index contributed by atoms with van der Waals surface area (Å²) >= 11 is 3.08. The number of hydrogen-bond acceptors (Lipinski definition) is 4. The first-order valence-electron chi connectivity index (χ1n) is 7.47. The lowest BCUT2D eigenvalue weighted by Crippen LogP contribution is -2.15. The quantitative estimate of drug-likeness (QED) is 0.621. The predicted octanol–water partition coefficient (Wildman–Crippen LogP) is 3.68. The fraction of sp³-hybridized carbons (Fsp3) is 0.167. The van der Waals surface area contributed by atoms with Crippen molar-refractivity contribution in [3.05, 3.63) is 63.4 Å². The molecule has 1 N–H and O–H groups in total. The Kier molecular flexibility index (Phi) is 4.67. The minimum atomic E-state index is -0.730. The predicted molar refractivity (Wildman–Crippen MR) is 92.2 cm³/mol. The average Bonchev–Trinajstić information content (AvgIpc) is 2.86. The summed E-state index contributed by atoms with van der Waals surface area (Å²) in [5.41, 5.74) is 1.91. The summed E-state index contributed by atoms with van der Waals surface area (Å²) in [5.74, 6) is -2.06. The number of rotatable bonds is 4. The molecule has 0 spiro atoms. The molecule has 1 aliphatic heterocycles. The molecular weight excluding hydrogens is 393 g/mol. The number of ether oxygens (including phenoxy) is 1. The van der Waals surface area contributed by atoms with Crippen molar-refractivity contribution in [3.63, 3.8) is 0 Å². The molecule has 0 aromatic heterocycles. The smallest absolute Gasteiger partial charge is 0.339 e. The third-order valence-corrected chi connectivity index (χ3v) is 4.63. The van der Waals surface area contributed by atoms with Crippen LogP contribution in [-0.4, -0.2) is 24.3 Å². The molecule has 1 atom stereocenters. The Morgan fingerprint density at radius 3 is 2.72 bits per heavy atom. The number of nitrogens with one attached hydrogen (secondary N) is 1. The van der Waals surface area contributed by atoms with Crippen LogP contribution in [0.3, 0.4) is 0 Å². The first-order chi connectivity index (χ1) is 11.9. The SMILES string of the molecule is C[C@@H]1C(=O)Nc2ccc(C(=O)COC(=O)c3ccc(F)cc3Br)cc21. The fourth-order valence-corrected chi connectivity index (χ4v) is 3.05. The number of amides is 1.